The lowest BCUT2D eigenvalue weighted by Crippen LogP contribution is -2.06. The lowest BCUT2D eigenvalue weighted by atomic mass is 10.1. The Morgan fingerprint density at radius 3 is 2.64 bits per heavy atom. The first kappa shape index (κ1) is 16.4. The van der Waals surface area contributed by atoms with Crippen molar-refractivity contribution in [2.24, 2.45) is 0 Å². The van der Waals surface area contributed by atoms with Crippen molar-refractivity contribution in [3.8, 4) is 11.3 Å². The van der Waals surface area contributed by atoms with Crippen LogP contribution in [0.15, 0.2) is 89.7 Å². The van der Waals surface area contributed by atoms with Crippen LogP contribution in [-0.2, 0) is 6.54 Å². The Labute approximate surface area is 161 Å². The number of fused-ring (bicyclic) bond motifs is 2. The Morgan fingerprint density at radius 1 is 0.929 bits per heavy atom. The quantitative estimate of drug-likeness (QED) is 0.437. The first-order chi connectivity index (χ1) is 13.7. The number of hydrogen-bond donors (Lipinski definition) is 1. The van der Waals surface area contributed by atoms with E-state index in [2.05, 4.69) is 22.8 Å². The first-order valence-corrected chi connectivity index (χ1v) is 9.07. The lowest BCUT2D eigenvalue weighted by molar-refractivity contribution is 0.0695. The van der Waals surface area contributed by atoms with Crippen LogP contribution in [0.3, 0.4) is 0 Å². The number of furan rings is 1. The molecule has 0 saturated carbocycles. The SMILES string of the molecule is O=C(O)c1ccccc1Cn1ccc2cc(-c3occ4ccccc34)ccc21. The molecule has 5 aromatic rings. The smallest absolute Gasteiger partial charge is 0.336 e. The molecular weight excluding hydrogens is 350 g/mol. The monoisotopic (exact) mass is 367 g/mol. The van der Waals surface area contributed by atoms with E-state index < -0.39 is 5.97 Å². The molecule has 0 unspecified atom stereocenters. The molecular formula is C24H17NO3. The molecule has 3 aromatic carbocycles. The van der Waals surface area contributed by atoms with Gasteiger partial charge in [0.15, 0.2) is 0 Å². The molecule has 28 heavy (non-hydrogen) atoms. The average Bonchev–Trinajstić information content (AvgIpc) is 3.32. The summed E-state index contributed by atoms with van der Waals surface area (Å²) in [4.78, 5) is 11.5. The molecule has 0 atom stereocenters. The van der Waals surface area contributed by atoms with Gasteiger partial charge in [0, 0.05) is 40.0 Å². The minimum Gasteiger partial charge on any atom is -0.478 e. The van der Waals surface area contributed by atoms with Crippen molar-refractivity contribution in [1.82, 2.24) is 4.57 Å². The Balaban J connectivity index is 1.55. The van der Waals surface area contributed by atoms with Crippen LogP contribution in [0.25, 0.3) is 33.0 Å². The fourth-order valence-electron chi connectivity index (χ4n) is 3.75. The maximum absolute atomic E-state index is 11.5. The third kappa shape index (κ3) is 2.67. The molecule has 1 N–H and O–H groups in total. The van der Waals surface area contributed by atoms with E-state index in [-0.39, 0.29) is 0 Å². The van der Waals surface area contributed by atoms with Crippen LogP contribution in [0, 0.1) is 0 Å². The molecule has 5 rings (SSSR count). The zero-order chi connectivity index (χ0) is 19.1. The van der Waals surface area contributed by atoms with E-state index >= 15 is 0 Å². The standard InChI is InChI=1S/C24H17NO3/c26-24(27)21-8-4-1-5-18(21)14-25-12-11-16-13-17(9-10-22(16)25)23-20-7-3-2-6-19(20)15-28-23/h1-13,15H,14H2,(H,26,27). The Hall–Kier alpha value is -3.79. The van der Waals surface area contributed by atoms with Gasteiger partial charge < -0.3 is 14.1 Å². The topological polar surface area (TPSA) is 55.4 Å². The zero-order valence-electron chi connectivity index (χ0n) is 15.0. The van der Waals surface area contributed by atoms with Crippen LogP contribution < -0.4 is 0 Å². The molecule has 0 bridgehead atoms. The van der Waals surface area contributed by atoms with Crippen molar-refractivity contribution in [2.75, 3.05) is 0 Å². The highest BCUT2D eigenvalue weighted by atomic mass is 16.4. The Morgan fingerprint density at radius 2 is 1.75 bits per heavy atom. The molecule has 0 aliphatic heterocycles. The van der Waals surface area contributed by atoms with E-state index in [0.717, 1.165) is 38.6 Å². The highest BCUT2D eigenvalue weighted by Gasteiger charge is 2.12. The van der Waals surface area contributed by atoms with E-state index in [1.54, 1.807) is 18.4 Å². The van der Waals surface area contributed by atoms with Crippen molar-refractivity contribution in [3.63, 3.8) is 0 Å². The summed E-state index contributed by atoms with van der Waals surface area (Å²) in [5.41, 5.74) is 3.20. The number of aromatic nitrogens is 1. The van der Waals surface area contributed by atoms with Gasteiger partial charge in [0.1, 0.15) is 5.76 Å². The van der Waals surface area contributed by atoms with Crippen LogP contribution >= 0.6 is 0 Å². The minimum absolute atomic E-state index is 0.336. The summed E-state index contributed by atoms with van der Waals surface area (Å²) < 4.78 is 7.89. The summed E-state index contributed by atoms with van der Waals surface area (Å²) in [7, 11) is 0. The molecule has 2 aromatic heterocycles. The lowest BCUT2D eigenvalue weighted by Gasteiger charge is -2.09. The molecule has 0 aliphatic carbocycles. The van der Waals surface area contributed by atoms with Gasteiger partial charge in [-0.25, -0.2) is 4.79 Å². The van der Waals surface area contributed by atoms with Gasteiger partial charge in [0.2, 0.25) is 0 Å². The van der Waals surface area contributed by atoms with Gasteiger partial charge in [-0.05, 0) is 35.9 Å². The van der Waals surface area contributed by atoms with Crippen molar-refractivity contribution in [2.45, 2.75) is 6.54 Å². The largest absolute Gasteiger partial charge is 0.478 e. The number of hydrogen-bond acceptors (Lipinski definition) is 2. The number of benzene rings is 3. The summed E-state index contributed by atoms with van der Waals surface area (Å²) in [5.74, 6) is -0.0412. The van der Waals surface area contributed by atoms with Crippen molar-refractivity contribution in [1.29, 1.82) is 0 Å². The minimum atomic E-state index is -0.904. The molecule has 2 heterocycles. The van der Waals surface area contributed by atoms with Crippen LogP contribution in [0.2, 0.25) is 0 Å². The van der Waals surface area contributed by atoms with Gasteiger partial charge in [0.05, 0.1) is 11.8 Å². The maximum atomic E-state index is 11.5. The van der Waals surface area contributed by atoms with Gasteiger partial charge in [-0.15, -0.1) is 0 Å². The van der Waals surface area contributed by atoms with Crippen molar-refractivity contribution >= 4 is 27.6 Å². The molecule has 0 radical (unpaired) electrons. The molecule has 136 valence electrons. The summed E-state index contributed by atoms with van der Waals surface area (Å²) in [5, 5.41) is 12.7. The van der Waals surface area contributed by atoms with Crippen molar-refractivity contribution < 1.29 is 14.3 Å². The predicted molar refractivity (Wildman–Crippen MR) is 110 cm³/mol. The highest BCUT2D eigenvalue weighted by Crippen LogP contribution is 2.32. The number of carbonyl (C=O) groups is 1. The van der Waals surface area contributed by atoms with E-state index in [4.69, 9.17) is 4.42 Å². The second kappa shape index (κ2) is 6.43. The number of rotatable bonds is 4. The molecule has 0 amide bonds. The first-order valence-electron chi connectivity index (χ1n) is 9.07. The van der Waals surface area contributed by atoms with E-state index in [1.807, 2.05) is 48.7 Å². The number of carboxylic acid groups (broad SMARTS) is 1. The Kier molecular flexibility index (Phi) is 3.76. The average molecular weight is 367 g/mol. The zero-order valence-corrected chi connectivity index (χ0v) is 15.0. The number of aromatic carboxylic acids is 1. The van der Waals surface area contributed by atoms with Crippen LogP contribution in [0.1, 0.15) is 15.9 Å². The van der Waals surface area contributed by atoms with Gasteiger partial charge in [-0.1, -0.05) is 42.5 Å². The van der Waals surface area contributed by atoms with Gasteiger partial charge >= 0.3 is 5.97 Å². The van der Waals surface area contributed by atoms with Gasteiger partial charge in [0.25, 0.3) is 0 Å². The third-order valence-electron chi connectivity index (χ3n) is 5.13. The summed E-state index contributed by atoms with van der Waals surface area (Å²) in [6.45, 7) is 0.509. The summed E-state index contributed by atoms with van der Waals surface area (Å²) in [6, 6.07) is 23.5. The fourth-order valence-corrected chi connectivity index (χ4v) is 3.75. The fraction of sp³-hybridized carbons (Fsp3) is 0.0417. The van der Waals surface area contributed by atoms with Crippen molar-refractivity contribution in [3.05, 3.63) is 96.4 Å². The Bertz CT molecular complexity index is 1330. The van der Waals surface area contributed by atoms with Crippen LogP contribution in [-0.4, -0.2) is 15.6 Å². The van der Waals surface area contributed by atoms with E-state index in [0.29, 0.717) is 12.1 Å². The highest BCUT2D eigenvalue weighted by molar-refractivity contribution is 5.96. The van der Waals surface area contributed by atoms with Gasteiger partial charge in [-0.3, -0.25) is 0 Å². The van der Waals surface area contributed by atoms with Crippen LogP contribution in [0.4, 0.5) is 0 Å². The number of nitrogens with zero attached hydrogens (tertiary/aromatic N) is 1. The molecule has 0 aliphatic rings. The molecule has 4 nitrogen and oxygen atoms in total. The third-order valence-corrected chi connectivity index (χ3v) is 5.13. The summed E-state index contributed by atoms with van der Waals surface area (Å²) in [6.07, 6.45) is 3.77. The molecule has 0 spiro atoms. The molecule has 0 saturated heterocycles. The predicted octanol–water partition coefficient (Wildman–Crippen LogP) is 5.80. The second-order valence-electron chi connectivity index (χ2n) is 6.83. The van der Waals surface area contributed by atoms with Gasteiger partial charge in [-0.2, -0.15) is 0 Å². The summed E-state index contributed by atoms with van der Waals surface area (Å²) >= 11 is 0. The maximum Gasteiger partial charge on any atom is 0.336 e. The molecule has 0 fully saturated rings. The number of carboxylic acids is 1. The van der Waals surface area contributed by atoms with Crippen LogP contribution in [0.5, 0.6) is 0 Å². The second-order valence-corrected chi connectivity index (χ2v) is 6.83. The normalized spacial score (nSPS) is 11.3. The van der Waals surface area contributed by atoms with E-state index in [9.17, 15) is 9.90 Å². The molecule has 4 heteroatoms. The van der Waals surface area contributed by atoms with E-state index in [1.165, 1.54) is 0 Å².